The van der Waals surface area contributed by atoms with Crippen LogP contribution in [0.1, 0.15) is 17.7 Å². The molecular weight excluding hydrogens is 234 g/mol. The molecule has 0 saturated heterocycles. The summed E-state index contributed by atoms with van der Waals surface area (Å²) in [6, 6.07) is 12.8. The quantitative estimate of drug-likeness (QED) is 0.911. The summed E-state index contributed by atoms with van der Waals surface area (Å²) in [5, 5.41) is 3.17. The Balaban J connectivity index is 1.84. The minimum atomic E-state index is 0.881. The molecule has 0 fully saturated rings. The Morgan fingerprint density at radius 2 is 2.16 bits per heavy atom. The van der Waals surface area contributed by atoms with Crippen molar-refractivity contribution in [3.8, 4) is 0 Å². The van der Waals surface area contributed by atoms with Gasteiger partial charge in [0.25, 0.3) is 0 Å². The van der Waals surface area contributed by atoms with Crippen molar-refractivity contribution in [2.75, 3.05) is 23.8 Å². The van der Waals surface area contributed by atoms with E-state index in [0.717, 1.165) is 24.5 Å². The Morgan fingerprint density at radius 3 is 3.05 bits per heavy atom. The van der Waals surface area contributed by atoms with Gasteiger partial charge in [0.1, 0.15) is 0 Å². The Morgan fingerprint density at radius 1 is 1.26 bits per heavy atom. The minimum Gasteiger partial charge on any atom is -0.388 e. The molecule has 0 atom stereocenters. The van der Waals surface area contributed by atoms with Crippen LogP contribution < -0.4 is 10.2 Å². The number of anilines is 2. The number of aryl methyl sites for hydroxylation is 1. The van der Waals surface area contributed by atoms with Crippen molar-refractivity contribution in [1.82, 2.24) is 4.98 Å². The predicted octanol–water partition coefficient (Wildman–Crippen LogP) is 3.08. The molecule has 3 heteroatoms. The lowest BCUT2D eigenvalue weighted by molar-refractivity contribution is 0.684. The second kappa shape index (κ2) is 5.31. The number of aromatic nitrogens is 1. The summed E-state index contributed by atoms with van der Waals surface area (Å²) in [5.74, 6) is 0. The SMILES string of the molecule is CNc1ccnc(CN2CCCc3ccccc32)c1. The van der Waals surface area contributed by atoms with E-state index in [1.165, 1.54) is 24.1 Å². The first kappa shape index (κ1) is 12.0. The summed E-state index contributed by atoms with van der Waals surface area (Å²) >= 11 is 0. The summed E-state index contributed by atoms with van der Waals surface area (Å²) in [5.41, 5.74) is 5.06. The molecule has 2 heterocycles. The third kappa shape index (κ3) is 2.55. The van der Waals surface area contributed by atoms with Gasteiger partial charge >= 0.3 is 0 Å². The van der Waals surface area contributed by atoms with Crippen LogP contribution in [0.4, 0.5) is 11.4 Å². The second-order valence-electron chi connectivity index (χ2n) is 4.94. The van der Waals surface area contributed by atoms with Crippen LogP contribution in [0.5, 0.6) is 0 Å². The number of nitrogens with zero attached hydrogens (tertiary/aromatic N) is 2. The van der Waals surface area contributed by atoms with Crippen molar-refractivity contribution in [2.45, 2.75) is 19.4 Å². The van der Waals surface area contributed by atoms with Gasteiger partial charge in [-0.3, -0.25) is 4.98 Å². The first-order chi connectivity index (χ1) is 9.36. The van der Waals surface area contributed by atoms with Crippen LogP contribution >= 0.6 is 0 Å². The third-order valence-electron chi connectivity index (χ3n) is 3.66. The van der Waals surface area contributed by atoms with Crippen molar-refractivity contribution < 1.29 is 0 Å². The van der Waals surface area contributed by atoms with Gasteiger partial charge in [-0.2, -0.15) is 0 Å². The smallest absolute Gasteiger partial charge is 0.0617 e. The zero-order valence-electron chi connectivity index (χ0n) is 11.3. The van der Waals surface area contributed by atoms with Gasteiger partial charge in [0.2, 0.25) is 0 Å². The number of rotatable bonds is 3. The number of nitrogens with one attached hydrogen (secondary N) is 1. The summed E-state index contributed by atoms with van der Waals surface area (Å²) in [4.78, 5) is 6.90. The minimum absolute atomic E-state index is 0.881. The largest absolute Gasteiger partial charge is 0.388 e. The van der Waals surface area contributed by atoms with Crippen molar-refractivity contribution in [2.24, 2.45) is 0 Å². The Bertz CT molecular complexity index is 565. The first-order valence-corrected chi connectivity index (χ1v) is 6.82. The second-order valence-corrected chi connectivity index (χ2v) is 4.94. The number of pyridine rings is 1. The molecule has 1 aromatic carbocycles. The van der Waals surface area contributed by atoms with E-state index in [9.17, 15) is 0 Å². The molecule has 1 N–H and O–H groups in total. The highest BCUT2D eigenvalue weighted by Crippen LogP contribution is 2.27. The van der Waals surface area contributed by atoms with Gasteiger partial charge in [0, 0.05) is 31.2 Å². The molecule has 0 radical (unpaired) electrons. The molecule has 1 aromatic heterocycles. The van der Waals surface area contributed by atoms with E-state index < -0.39 is 0 Å². The molecule has 3 nitrogen and oxygen atoms in total. The molecule has 98 valence electrons. The van der Waals surface area contributed by atoms with Crippen LogP contribution in [0.3, 0.4) is 0 Å². The Labute approximate surface area is 114 Å². The van der Waals surface area contributed by atoms with Gasteiger partial charge in [-0.05, 0) is 36.6 Å². The van der Waals surface area contributed by atoms with Crippen molar-refractivity contribution in [1.29, 1.82) is 0 Å². The third-order valence-corrected chi connectivity index (χ3v) is 3.66. The lowest BCUT2D eigenvalue weighted by atomic mass is 10.0. The van der Waals surface area contributed by atoms with Crippen LogP contribution in [0.25, 0.3) is 0 Å². The molecule has 1 aliphatic heterocycles. The van der Waals surface area contributed by atoms with E-state index in [1.807, 2.05) is 19.3 Å². The van der Waals surface area contributed by atoms with Crippen molar-refractivity contribution in [3.63, 3.8) is 0 Å². The molecule has 0 aliphatic carbocycles. The maximum absolute atomic E-state index is 4.47. The standard InChI is InChI=1S/C16H19N3/c1-17-14-8-9-18-15(11-14)12-19-10-4-6-13-5-2-3-7-16(13)19/h2-3,5,7-9,11H,4,6,10,12H2,1H3,(H,17,18). The highest BCUT2D eigenvalue weighted by Gasteiger charge is 2.16. The van der Waals surface area contributed by atoms with E-state index in [0.29, 0.717) is 0 Å². The zero-order valence-corrected chi connectivity index (χ0v) is 11.3. The lowest BCUT2D eigenvalue weighted by Gasteiger charge is -2.31. The zero-order chi connectivity index (χ0) is 13.1. The lowest BCUT2D eigenvalue weighted by Crippen LogP contribution is -2.29. The number of hydrogen-bond acceptors (Lipinski definition) is 3. The fourth-order valence-corrected chi connectivity index (χ4v) is 2.69. The summed E-state index contributed by atoms with van der Waals surface area (Å²) < 4.78 is 0. The monoisotopic (exact) mass is 253 g/mol. The van der Waals surface area contributed by atoms with E-state index in [1.54, 1.807) is 0 Å². The molecule has 0 unspecified atom stereocenters. The van der Waals surface area contributed by atoms with Gasteiger partial charge in [-0.15, -0.1) is 0 Å². The van der Waals surface area contributed by atoms with Crippen LogP contribution in [0.2, 0.25) is 0 Å². The topological polar surface area (TPSA) is 28.2 Å². The van der Waals surface area contributed by atoms with E-state index in [4.69, 9.17) is 0 Å². The average molecular weight is 253 g/mol. The fraction of sp³-hybridized carbons (Fsp3) is 0.312. The van der Waals surface area contributed by atoms with E-state index in [-0.39, 0.29) is 0 Å². The van der Waals surface area contributed by atoms with Gasteiger partial charge in [-0.25, -0.2) is 0 Å². The summed E-state index contributed by atoms with van der Waals surface area (Å²) in [7, 11) is 1.94. The fourth-order valence-electron chi connectivity index (χ4n) is 2.69. The molecular formula is C16H19N3. The molecule has 3 rings (SSSR count). The first-order valence-electron chi connectivity index (χ1n) is 6.82. The number of hydrogen-bond donors (Lipinski definition) is 1. The van der Waals surface area contributed by atoms with E-state index >= 15 is 0 Å². The van der Waals surface area contributed by atoms with Crippen molar-refractivity contribution in [3.05, 3.63) is 53.9 Å². The van der Waals surface area contributed by atoms with Gasteiger partial charge < -0.3 is 10.2 Å². The van der Waals surface area contributed by atoms with E-state index in [2.05, 4.69) is 45.5 Å². The Kier molecular flexibility index (Phi) is 3.36. The van der Waals surface area contributed by atoms with Gasteiger partial charge in [-0.1, -0.05) is 18.2 Å². The highest BCUT2D eigenvalue weighted by molar-refractivity contribution is 5.55. The average Bonchev–Trinajstić information content (AvgIpc) is 2.48. The number of fused-ring (bicyclic) bond motifs is 1. The van der Waals surface area contributed by atoms with Crippen LogP contribution in [0.15, 0.2) is 42.6 Å². The molecule has 0 spiro atoms. The van der Waals surface area contributed by atoms with Crippen LogP contribution in [-0.2, 0) is 13.0 Å². The maximum atomic E-state index is 4.47. The van der Waals surface area contributed by atoms with Crippen LogP contribution in [0, 0.1) is 0 Å². The predicted molar refractivity (Wildman–Crippen MR) is 79.6 cm³/mol. The summed E-state index contributed by atoms with van der Waals surface area (Å²) in [6.07, 6.45) is 4.29. The molecule has 1 aliphatic rings. The van der Waals surface area contributed by atoms with Crippen molar-refractivity contribution >= 4 is 11.4 Å². The number of benzene rings is 1. The molecule has 19 heavy (non-hydrogen) atoms. The van der Waals surface area contributed by atoms with Gasteiger partial charge in [0.05, 0.1) is 12.2 Å². The molecule has 0 bridgehead atoms. The normalized spacial score (nSPS) is 14.1. The van der Waals surface area contributed by atoms with Crippen LogP contribution in [-0.4, -0.2) is 18.6 Å². The number of para-hydroxylation sites is 1. The molecule has 2 aromatic rings. The molecule has 0 saturated carbocycles. The highest BCUT2D eigenvalue weighted by atomic mass is 15.1. The summed E-state index contributed by atoms with van der Waals surface area (Å²) in [6.45, 7) is 2.00. The van der Waals surface area contributed by atoms with Gasteiger partial charge in [0.15, 0.2) is 0 Å². The Hall–Kier alpha value is -2.03. The molecule has 0 amide bonds. The maximum Gasteiger partial charge on any atom is 0.0617 e.